The number of azide groups is 1. The van der Waals surface area contributed by atoms with Crippen molar-refractivity contribution in [3.05, 3.63) is 45.4 Å². The minimum Gasteiger partial charge on any atom is -0.479 e. The molecule has 0 aromatic rings. The quantitative estimate of drug-likeness (QED) is 0.0149. The summed E-state index contributed by atoms with van der Waals surface area (Å²) in [4.78, 5) is 63.2. The molecule has 0 saturated carbocycles. The van der Waals surface area contributed by atoms with Crippen LogP contribution in [-0.4, -0.2) is 200 Å². The first kappa shape index (κ1) is 58.4. The van der Waals surface area contributed by atoms with Crippen LogP contribution in [0.15, 0.2) is 40.1 Å². The first-order valence-corrected chi connectivity index (χ1v) is 23.1. The second-order valence-electron chi connectivity index (χ2n) is 16.6. The zero-order chi connectivity index (χ0) is 51.0. The molecule has 17 atom stereocenters. The zero-order valence-corrected chi connectivity index (χ0v) is 39.0. The number of hydrogen-bond donors (Lipinski definition) is 12. The van der Waals surface area contributed by atoms with Gasteiger partial charge < -0.3 is 95.1 Å². The summed E-state index contributed by atoms with van der Waals surface area (Å²) in [5, 5.41) is 93.0. The molecule has 3 aliphatic heterocycles. The third-order valence-corrected chi connectivity index (χ3v) is 12.6. The Hall–Kier alpha value is -3.96. The number of amides is 3. The van der Waals surface area contributed by atoms with E-state index in [4.69, 9.17) is 44.2 Å². The average molecular weight is 997 g/mol. The van der Waals surface area contributed by atoms with E-state index in [0.717, 1.165) is 25.3 Å². The van der Waals surface area contributed by atoms with Crippen LogP contribution in [0.25, 0.3) is 10.4 Å². The van der Waals surface area contributed by atoms with Gasteiger partial charge in [-0.1, -0.05) is 40.1 Å². The molecule has 0 aromatic heterocycles. The molecule has 68 heavy (non-hydrogen) atoms. The lowest BCUT2D eigenvalue weighted by atomic mass is 9.94. The van der Waals surface area contributed by atoms with E-state index >= 15 is 0 Å². The molecule has 0 aromatic carbocycles. The second-order valence-corrected chi connectivity index (χ2v) is 18.5. The monoisotopic (exact) mass is 996 g/mol. The summed E-state index contributed by atoms with van der Waals surface area (Å²) in [5.41, 5.74) is 17.3. The Balaban J connectivity index is 1.87. The number of aliphatic hydroxyl groups is 7. The molecule has 0 radical (unpaired) electrons. The normalized spacial score (nSPS) is 33.6. The van der Waals surface area contributed by atoms with Crippen molar-refractivity contribution in [1.82, 2.24) is 10.6 Å². The molecule has 13 N–H and O–H groups in total. The maximum Gasteiger partial charge on any atom is 0.359 e. The van der Waals surface area contributed by atoms with Gasteiger partial charge in [0.2, 0.25) is 17.7 Å². The van der Waals surface area contributed by atoms with Crippen molar-refractivity contribution in [1.29, 1.82) is 0 Å². The van der Waals surface area contributed by atoms with Crippen molar-refractivity contribution in [2.45, 2.75) is 158 Å². The first-order chi connectivity index (χ1) is 32.0. The van der Waals surface area contributed by atoms with Crippen LogP contribution in [0.5, 0.6) is 0 Å². The van der Waals surface area contributed by atoms with E-state index < -0.39 is 155 Å². The molecule has 28 heteroatoms. The molecule has 27 nitrogen and oxygen atoms in total. The van der Waals surface area contributed by atoms with E-state index in [1.165, 1.54) is 11.1 Å². The summed E-state index contributed by atoms with van der Waals surface area (Å²) >= 11 is 0. The zero-order valence-electron chi connectivity index (χ0n) is 38.1. The number of rotatable bonds is 25. The van der Waals surface area contributed by atoms with Gasteiger partial charge in [0.05, 0.1) is 26.4 Å². The van der Waals surface area contributed by atoms with Crippen molar-refractivity contribution in [3.63, 3.8) is 0 Å². The van der Waals surface area contributed by atoms with Crippen LogP contribution >= 0.6 is 7.60 Å². The summed E-state index contributed by atoms with van der Waals surface area (Å²) < 4.78 is 53.0. The standard InChI is InChI=1S/C40H65N6O21P/c1-18(2)8-6-9-19(3)10-7-11-20(4)12-13-61-24(37(57)58)17-62-68(59,60)40-35(32(55)31(54)34(67-40)36(41)56)66-39-27(44-21(5)49)30(53)33(23(16-48)64-39)65-38-26(45-25(50)14-43-46-42)29(52)28(51)22(15-47)63-38/h8,10,12,22-24,26-35,38-40,47-48,51-55H,6-7,9,11,13-17H2,1-5H3,(H2,41,56)(H,44,49)(H,45,50)(H,57,58)(H,59,60)/b19-10+,20-12-/t22?,23?,24-,26?,27?,28+,29?,30?,31-,32?,33-,34?,35?,38+,39+,40+/m1/s1. The van der Waals surface area contributed by atoms with Gasteiger partial charge >= 0.3 is 13.6 Å². The lowest BCUT2D eigenvalue weighted by molar-refractivity contribution is -0.345. The smallest absolute Gasteiger partial charge is 0.359 e. The number of carboxylic acid groups (broad SMARTS) is 1. The fourth-order valence-corrected chi connectivity index (χ4v) is 8.71. The molecule has 3 amide bonds. The summed E-state index contributed by atoms with van der Waals surface area (Å²) in [6.07, 6.45) is -16.9. The lowest BCUT2D eigenvalue weighted by Crippen LogP contribution is -2.70. The molecule has 386 valence electrons. The molecule has 10 unspecified atom stereocenters. The number of carboxylic acids is 1. The molecule has 0 bridgehead atoms. The molecule has 3 fully saturated rings. The molecule has 0 aliphatic carbocycles. The Morgan fingerprint density at radius 3 is 1.93 bits per heavy atom. The van der Waals surface area contributed by atoms with Crippen LogP contribution in [0.4, 0.5) is 0 Å². The summed E-state index contributed by atoms with van der Waals surface area (Å²) in [5.74, 6) is -7.42. The molecule has 3 saturated heterocycles. The fraction of sp³-hybridized carbons (Fsp3) is 0.750. The first-order valence-electron chi connectivity index (χ1n) is 21.5. The molecular formula is C40H65N6O21P. The maximum absolute atomic E-state index is 14.0. The Kier molecular flexibility index (Phi) is 23.5. The number of primary amides is 1. The van der Waals surface area contributed by atoms with Crippen molar-refractivity contribution in [3.8, 4) is 0 Å². The van der Waals surface area contributed by atoms with Crippen LogP contribution in [0.2, 0.25) is 0 Å². The van der Waals surface area contributed by atoms with Gasteiger partial charge in [-0.2, -0.15) is 0 Å². The minimum atomic E-state index is -5.50. The molecular weight excluding hydrogens is 931 g/mol. The number of ether oxygens (including phenoxy) is 6. The van der Waals surface area contributed by atoms with Gasteiger partial charge in [-0.15, -0.1) is 0 Å². The minimum absolute atomic E-state index is 0.252. The number of carbonyl (C=O) groups excluding carboxylic acids is 3. The number of nitrogens with zero attached hydrogens (tertiary/aromatic N) is 3. The van der Waals surface area contributed by atoms with Crippen LogP contribution in [0.1, 0.15) is 60.3 Å². The third-order valence-electron chi connectivity index (χ3n) is 11.0. The van der Waals surface area contributed by atoms with Gasteiger partial charge in [0.15, 0.2) is 30.6 Å². The van der Waals surface area contributed by atoms with E-state index in [-0.39, 0.29) is 6.61 Å². The van der Waals surface area contributed by atoms with E-state index in [1.807, 2.05) is 27.7 Å². The third kappa shape index (κ3) is 16.6. The van der Waals surface area contributed by atoms with Crippen LogP contribution in [0, 0.1) is 0 Å². The number of aliphatic carboxylic acids is 1. The topological polar surface area (TPSA) is 431 Å². The van der Waals surface area contributed by atoms with Crippen molar-refractivity contribution in [2.75, 3.05) is 33.0 Å². The summed E-state index contributed by atoms with van der Waals surface area (Å²) in [7, 11) is -5.50. The van der Waals surface area contributed by atoms with Gasteiger partial charge in [-0.05, 0) is 58.9 Å². The number of nitrogens with two attached hydrogens (primary N) is 1. The summed E-state index contributed by atoms with van der Waals surface area (Å²) in [6, 6.07) is -3.56. The number of nitrogens with one attached hydrogen (secondary N) is 2. The maximum atomic E-state index is 14.0. The van der Waals surface area contributed by atoms with Crippen LogP contribution in [0.3, 0.4) is 0 Å². The highest BCUT2D eigenvalue weighted by Gasteiger charge is 2.58. The number of allylic oxidation sites excluding steroid dienone is 5. The van der Waals surface area contributed by atoms with Gasteiger partial charge in [-0.25, -0.2) is 4.79 Å². The molecule has 3 aliphatic rings. The highest BCUT2D eigenvalue weighted by molar-refractivity contribution is 7.53. The largest absolute Gasteiger partial charge is 0.479 e. The second kappa shape index (κ2) is 27.4. The molecule has 0 spiro atoms. The lowest BCUT2D eigenvalue weighted by Gasteiger charge is -2.49. The predicted octanol–water partition coefficient (Wildman–Crippen LogP) is -2.40. The number of hydrogen-bond acceptors (Lipinski definition) is 20. The van der Waals surface area contributed by atoms with Crippen molar-refractivity contribution >= 4 is 31.3 Å². The molecule has 3 rings (SSSR count). The average Bonchev–Trinajstić information content (AvgIpc) is 3.26. The fourth-order valence-electron chi connectivity index (χ4n) is 7.31. The summed E-state index contributed by atoms with van der Waals surface area (Å²) in [6.45, 7) is 4.74. The van der Waals surface area contributed by atoms with Crippen LogP contribution in [-0.2, 0) is 56.7 Å². The van der Waals surface area contributed by atoms with Gasteiger partial charge in [-0.3, -0.25) is 18.9 Å². The molecule has 3 heterocycles. The Labute approximate surface area is 391 Å². The van der Waals surface area contributed by atoms with Crippen molar-refractivity contribution < 1.29 is 102 Å². The Bertz CT molecular complexity index is 1900. The highest BCUT2D eigenvalue weighted by atomic mass is 31.2. The van der Waals surface area contributed by atoms with E-state index in [9.17, 15) is 69.5 Å². The number of aliphatic hydroxyl groups excluding tert-OH is 7. The Morgan fingerprint density at radius 2 is 1.37 bits per heavy atom. The predicted molar refractivity (Wildman–Crippen MR) is 231 cm³/mol. The SMILES string of the molecule is CC(=O)NC1C(O)[C@H](O[C@@H]2OC(CO)[C@H](O)C(O)C2NC(=O)CN=[N+]=[N-])C(CO)O[C@H]1OC1C(O)[C@@H](O)C(C(N)=O)O[C@H]1P(=O)(O)OC[C@@H](OC/C=C(/C)CC/C=C(\C)CCC=C(C)C)C(=O)O. The Morgan fingerprint density at radius 1 is 0.794 bits per heavy atom. The highest BCUT2D eigenvalue weighted by Crippen LogP contribution is 2.53. The van der Waals surface area contributed by atoms with E-state index in [0.29, 0.717) is 12.8 Å². The van der Waals surface area contributed by atoms with Gasteiger partial charge in [0, 0.05) is 11.8 Å². The van der Waals surface area contributed by atoms with E-state index in [2.05, 4.69) is 32.8 Å². The number of carbonyl (C=O) groups is 4. The van der Waals surface area contributed by atoms with Crippen molar-refractivity contribution in [2.24, 2.45) is 10.8 Å². The van der Waals surface area contributed by atoms with Gasteiger partial charge in [0.1, 0.15) is 73.6 Å². The van der Waals surface area contributed by atoms with Crippen LogP contribution < -0.4 is 16.4 Å². The van der Waals surface area contributed by atoms with E-state index in [1.54, 1.807) is 6.08 Å². The van der Waals surface area contributed by atoms with Gasteiger partial charge in [0.25, 0.3) is 0 Å².